The van der Waals surface area contributed by atoms with Crippen LogP contribution in [0.5, 0.6) is 5.75 Å². The van der Waals surface area contributed by atoms with Crippen molar-refractivity contribution in [2.45, 2.75) is 33.3 Å². The van der Waals surface area contributed by atoms with E-state index in [1.54, 1.807) is 6.07 Å². The quantitative estimate of drug-likeness (QED) is 0.803. The van der Waals surface area contributed by atoms with Crippen LogP contribution in [0.2, 0.25) is 0 Å². The Labute approximate surface area is 96.8 Å². The molecule has 90 valence electrons. The summed E-state index contributed by atoms with van der Waals surface area (Å²) >= 11 is 0. The van der Waals surface area contributed by atoms with E-state index in [2.05, 4.69) is 19.2 Å². The predicted molar refractivity (Wildman–Crippen MR) is 64.4 cm³/mol. The highest BCUT2D eigenvalue weighted by atomic mass is 19.1. The van der Waals surface area contributed by atoms with Crippen molar-refractivity contribution < 1.29 is 9.13 Å². The first-order valence-corrected chi connectivity index (χ1v) is 5.80. The first-order chi connectivity index (χ1) is 7.67. The van der Waals surface area contributed by atoms with Gasteiger partial charge in [0.15, 0.2) is 0 Å². The lowest BCUT2D eigenvalue weighted by molar-refractivity contribution is 0.193. The highest BCUT2D eigenvalue weighted by Gasteiger charge is 2.09. The molecule has 3 heteroatoms. The van der Waals surface area contributed by atoms with E-state index in [0.29, 0.717) is 0 Å². The van der Waals surface area contributed by atoms with Crippen molar-refractivity contribution in [1.82, 2.24) is 5.32 Å². The molecule has 0 aliphatic heterocycles. The lowest BCUT2D eigenvalue weighted by atomic mass is 10.2. The fraction of sp³-hybridized carbons (Fsp3) is 0.538. The average Bonchev–Trinajstić information content (AvgIpc) is 2.27. The summed E-state index contributed by atoms with van der Waals surface area (Å²) in [5.74, 6) is 0.552. The second-order valence-electron chi connectivity index (χ2n) is 3.87. The SMILES string of the molecule is CCNCC(CC)Oc1ccc(F)cc1C. The number of halogens is 1. The van der Waals surface area contributed by atoms with Crippen LogP contribution in [-0.2, 0) is 0 Å². The molecule has 16 heavy (non-hydrogen) atoms. The van der Waals surface area contributed by atoms with Crippen molar-refractivity contribution >= 4 is 0 Å². The third kappa shape index (κ3) is 3.81. The minimum absolute atomic E-state index is 0.143. The van der Waals surface area contributed by atoms with Gasteiger partial charge in [-0.2, -0.15) is 0 Å². The number of hydrogen-bond acceptors (Lipinski definition) is 2. The predicted octanol–water partition coefficient (Wildman–Crippen LogP) is 2.90. The molecule has 0 radical (unpaired) electrons. The molecule has 1 atom stereocenters. The van der Waals surface area contributed by atoms with Gasteiger partial charge in [-0.25, -0.2) is 4.39 Å². The van der Waals surface area contributed by atoms with Gasteiger partial charge in [-0.05, 0) is 43.7 Å². The molecule has 0 amide bonds. The Hall–Kier alpha value is -1.09. The van der Waals surface area contributed by atoms with Crippen LogP contribution in [-0.4, -0.2) is 19.2 Å². The molecule has 0 fully saturated rings. The standard InChI is InChI=1S/C13H20FNO/c1-4-12(9-15-5-2)16-13-7-6-11(14)8-10(13)3/h6-8,12,15H,4-5,9H2,1-3H3. The van der Waals surface area contributed by atoms with Gasteiger partial charge in [0.2, 0.25) is 0 Å². The molecule has 1 aromatic carbocycles. The number of nitrogens with one attached hydrogen (secondary N) is 1. The van der Waals surface area contributed by atoms with Crippen LogP contribution in [0.3, 0.4) is 0 Å². The number of aryl methyl sites for hydroxylation is 1. The van der Waals surface area contributed by atoms with Crippen molar-refractivity contribution in [1.29, 1.82) is 0 Å². The zero-order chi connectivity index (χ0) is 12.0. The van der Waals surface area contributed by atoms with Gasteiger partial charge < -0.3 is 10.1 Å². The van der Waals surface area contributed by atoms with Gasteiger partial charge in [-0.3, -0.25) is 0 Å². The van der Waals surface area contributed by atoms with E-state index >= 15 is 0 Å². The highest BCUT2D eigenvalue weighted by Crippen LogP contribution is 2.20. The summed E-state index contributed by atoms with van der Waals surface area (Å²) < 4.78 is 18.7. The molecule has 1 rings (SSSR count). The minimum atomic E-state index is -0.218. The molecule has 2 nitrogen and oxygen atoms in total. The van der Waals surface area contributed by atoms with Gasteiger partial charge in [0.1, 0.15) is 17.7 Å². The minimum Gasteiger partial charge on any atom is -0.489 e. The van der Waals surface area contributed by atoms with Gasteiger partial charge in [0.25, 0.3) is 0 Å². The molecule has 1 N–H and O–H groups in total. The monoisotopic (exact) mass is 225 g/mol. The largest absolute Gasteiger partial charge is 0.489 e. The number of benzene rings is 1. The summed E-state index contributed by atoms with van der Waals surface area (Å²) in [6.45, 7) is 7.77. The Kier molecular flexibility index (Phi) is 5.26. The summed E-state index contributed by atoms with van der Waals surface area (Å²) in [6, 6.07) is 4.62. The van der Waals surface area contributed by atoms with Crippen LogP contribution in [0, 0.1) is 12.7 Å². The summed E-state index contributed by atoms with van der Waals surface area (Å²) in [4.78, 5) is 0. The Bertz CT molecular complexity index is 328. The fourth-order valence-electron chi connectivity index (χ4n) is 1.50. The maximum atomic E-state index is 12.9. The molecule has 0 aliphatic rings. The van der Waals surface area contributed by atoms with Gasteiger partial charge in [-0.15, -0.1) is 0 Å². The van der Waals surface area contributed by atoms with Crippen LogP contribution >= 0.6 is 0 Å². The topological polar surface area (TPSA) is 21.3 Å². The van der Waals surface area contributed by atoms with Gasteiger partial charge in [0.05, 0.1) is 0 Å². The highest BCUT2D eigenvalue weighted by molar-refractivity contribution is 5.32. The van der Waals surface area contributed by atoms with E-state index in [-0.39, 0.29) is 11.9 Å². The van der Waals surface area contributed by atoms with E-state index < -0.39 is 0 Å². The van der Waals surface area contributed by atoms with Crippen LogP contribution in [0.1, 0.15) is 25.8 Å². The lowest BCUT2D eigenvalue weighted by Crippen LogP contribution is -2.30. The molecule has 1 unspecified atom stereocenters. The Morgan fingerprint density at radius 2 is 2.12 bits per heavy atom. The van der Waals surface area contributed by atoms with Crippen molar-refractivity contribution in [3.8, 4) is 5.75 Å². The molecule has 0 bridgehead atoms. The lowest BCUT2D eigenvalue weighted by Gasteiger charge is -2.19. The molecule has 0 saturated heterocycles. The van der Waals surface area contributed by atoms with Crippen molar-refractivity contribution in [3.63, 3.8) is 0 Å². The number of ether oxygens (including phenoxy) is 1. The molecular formula is C13H20FNO. The summed E-state index contributed by atoms with van der Waals surface area (Å²) in [7, 11) is 0. The summed E-state index contributed by atoms with van der Waals surface area (Å²) in [6.07, 6.45) is 1.08. The Morgan fingerprint density at radius 1 is 1.38 bits per heavy atom. The Morgan fingerprint density at radius 3 is 2.69 bits per heavy atom. The van der Waals surface area contributed by atoms with E-state index in [0.717, 1.165) is 30.8 Å². The van der Waals surface area contributed by atoms with E-state index in [1.165, 1.54) is 12.1 Å². The molecule has 0 spiro atoms. The van der Waals surface area contributed by atoms with Gasteiger partial charge >= 0.3 is 0 Å². The number of rotatable bonds is 6. The van der Waals surface area contributed by atoms with Crippen molar-refractivity contribution in [3.05, 3.63) is 29.6 Å². The first-order valence-electron chi connectivity index (χ1n) is 5.80. The zero-order valence-corrected chi connectivity index (χ0v) is 10.2. The smallest absolute Gasteiger partial charge is 0.123 e. The molecule has 0 saturated carbocycles. The third-order valence-corrected chi connectivity index (χ3v) is 2.51. The zero-order valence-electron chi connectivity index (χ0n) is 10.2. The van der Waals surface area contributed by atoms with E-state index in [9.17, 15) is 4.39 Å². The van der Waals surface area contributed by atoms with Crippen LogP contribution in [0.4, 0.5) is 4.39 Å². The number of likely N-dealkylation sites (N-methyl/N-ethyl adjacent to an activating group) is 1. The maximum Gasteiger partial charge on any atom is 0.123 e. The third-order valence-electron chi connectivity index (χ3n) is 2.51. The molecule has 0 heterocycles. The summed E-state index contributed by atoms with van der Waals surface area (Å²) in [5.41, 5.74) is 0.843. The van der Waals surface area contributed by atoms with Crippen molar-refractivity contribution in [2.75, 3.05) is 13.1 Å². The molecule has 0 aliphatic carbocycles. The maximum absolute atomic E-state index is 12.9. The molecular weight excluding hydrogens is 205 g/mol. The fourth-order valence-corrected chi connectivity index (χ4v) is 1.50. The van der Waals surface area contributed by atoms with E-state index in [4.69, 9.17) is 4.74 Å². The van der Waals surface area contributed by atoms with Crippen LogP contribution in [0.25, 0.3) is 0 Å². The second-order valence-corrected chi connectivity index (χ2v) is 3.87. The molecule has 0 aromatic heterocycles. The second kappa shape index (κ2) is 6.48. The van der Waals surface area contributed by atoms with E-state index in [1.807, 2.05) is 6.92 Å². The van der Waals surface area contributed by atoms with Gasteiger partial charge in [0, 0.05) is 6.54 Å². The first kappa shape index (κ1) is 13.0. The van der Waals surface area contributed by atoms with Crippen molar-refractivity contribution in [2.24, 2.45) is 0 Å². The van der Waals surface area contributed by atoms with Crippen LogP contribution in [0.15, 0.2) is 18.2 Å². The Balaban J connectivity index is 2.62. The van der Waals surface area contributed by atoms with Gasteiger partial charge in [-0.1, -0.05) is 13.8 Å². The summed E-state index contributed by atoms with van der Waals surface area (Å²) in [5, 5.41) is 3.25. The van der Waals surface area contributed by atoms with Crippen LogP contribution < -0.4 is 10.1 Å². The normalized spacial score (nSPS) is 12.5. The average molecular weight is 225 g/mol. The number of hydrogen-bond donors (Lipinski definition) is 1. The molecule has 1 aromatic rings.